The van der Waals surface area contributed by atoms with Crippen molar-refractivity contribution in [3.05, 3.63) is 46.2 Å². The van der Waals surface area contributed by atoms with Crippen molar-refractivity contribution in [2.45, 2.75) is 6.92 Å². The van der Waals surface area contributed by atoms with Gasteiger partial charge in [0.1, 0.15) is 10.7 Å². The van der Waals surface area contributed by atoms with E-state index in [1.54, 1.807) is 12.3 Å². The molecule has 2 aromatic rings. The van der Waals surface area contributed by atoms with E-state index >= 15 is 0 Å². The molecule has 0 unspecified atom stereocenters. The molecule has 1 aromatic heterocycles. The zero-order valence-electron chi connectivity index (χ0n) is 9.64. The van der Waals surface area contributed by atoms with E-state index in [9.17, 15) is 0 Å². The molecule has 18 heavy (non-hydrogen) atoms. The van der Waals surface area contributed by atoms with Crippen LogP contribution in [0, 0.1) is 6.92 Å². The summed E-state index contributed by atoms with van der Waals surface area (Å²) in [5.74, 6) is 0.464. The van der Waals surface area contributed by atoms with Gasteiger partial charge in [-0.05, 0) is 46.6 Å². The van der Waals surface area contributed by atoms with Crippen LogP contribution in [0.15, 0.2) is 34.9 Å². The first-order chi connectivity index (χ1) is 8.56. The summed E-state index contributed by atoms with van der Waals surface area (Å²) in [7, 11) is 0. The lowest BCUT2D eigenvalue weighted by Crippen LogP contribution is -2.12. The third-order valence-electron chi connectivity index (χ3n) is 2.28. The highest BCUT2D eigenvalue weighted by Crippen LogP contribution is 2.25. The van der Waals surface area contributed by atoms with Gasteiger partial charge in [0.25, 0.3) is 0 Å². The van der Waals surface area contributed by atoms with Gasteiger partial charge < -0.3 is 11.1 Å². The van der Waals surface area contributed by atoms with Gasteiger partial charge in [-0.15, -0.1) is 0 Å². The molecule has 4 nitrogen and oxygen atoms in total. The number of nitrogens with one attached hydrogen (secondary N) is 1. The maximum Gasteiger partial charge on any atom is 0.227 e. The molecule has 0 saturated carbocycles. The van der Waals surface area contributed by atoms with Crippen LogP contribution in [0.5, 0.6) is 0 Å². The van der Waals surface area contributed by atoms with Gasteiger partial charge in [-0.2, -0.15) is 0 Å². The Hall–Kier alpha value is -1.53. The normalized spacial score (nSPS) is 10.1. The highest BCUT2D eigenvalue weighted by Gasteiger charge is 2.04. The summed E-state index contributed by atoms with van der Waals surface area (Å²) in [4.78, 5) is 8.61. The first-order valence-corrected chi connectivity index (χ1v) is 6.42. The summed E-state index contributed by atoms with van der Waals surface area (Å²) in [5.41, 5.74) is 8.12. The van der Waals surface area contributed by atoms with Crippen LogP contribution >= 0.6 is 28.1 Å². The molecule has 0 bridgehead atoms. The minimum atomic E-state index is 0.253. The quantitative estimate of drug-likeness (QED) is 0.851. The summed E-state index contributed by atoms with van der Waals surface area (Å²) in [5, 5.41) is 3.12. The van der Waals surface area contributed by atoms with E-state index in [4.69, 9.17) is 18.0 Å². The van der Waals surface area contributed by atoms with Crippen molar-refractivity contribution in [1.29, 1.82) is 0 Å². The second kappa shape index (κ2) is 5.41. The zero-order valence-corrected chi connectivity index (χ0v) is 12.0. The van der Waals surface area contributed by atoms with Crippen molar-refractivity contribution in [1.82, 2.24) is 9.97 Å². The van der Waals surface area contributed by atoms with Gasteiger partial charge in [0.05, 0.1) is 5.69 Å². The summed E-state index contributed by atoms with van der Waals surface area (Å²) in [6.07, 6.45) is 1.62. The molecule has 2 rings (SSSR count). The Labute approximate surface area is 119 Å². The van der Waals surface area contributed by atoms with Gasteiger partial charge >= 0.3 is 0 Å². The number of aromatic nitrogens is 2. The minimum Gasteiger partial charge on any atom is -0.388 e. The largest absolute Gasteiger partial charge is 0.388 e. The fourth-order valence-electron chi connectivity index (χ4n) is 1.41. The van der Waals surface area contributed by atoms with Crippen LogP contribution in [0.4, 0.5) is 11.6 Å². The lowest BCUT2D eigenvalue weighted by atomic mass is 10.2. The number of nitrogens with two attached hydrogens (primary N) is 1. The molecule has 0 aliphatic rings. The van der Waals surface area contributed by atoms with E-state index in [0.29, 0.717) is 11.6 Å². The Balaban J connectivity index is 2.31. The van der Waals surface area contributed by atoms with Crippen molar-refractivity contribution in [3.8, 4) is 0 Å². The Morgan fingerprint density at radius 3 is 2.89 bits per heavy atom. The molecule has 0 amide bonds. The van der Waals surface area contributed by atoms with Gasteiger partial charge in [-0.25, -0.2) is 9.97 Å². The van der Waals surface area contributed by atoms with Crippen molar-refractivity contribution >= 4 is 44.8 Å². The predicted octanol–water partition coefficient (Wildman–Crippen LogP) is 2.93. The van der Waals surface area contributed by atoms with E-state index in [-0.39, 0.29) is 4.99 Å². The van der Waals surface area contributed by atoms with Crippen LogP contribution in [-0.4, -0.2) is 15.0 Å². The molecule has 0 saturated heterocycles. The molecule has 0 atom stereocenters. The first-order valence-electron chi connectivity index (χ1n) is 5.22. The summed E-state index contributed by atoms with van der Waals surface area (Å²) < 4.78 is 0.942. The number of benzene rings is 1. The van der Waals surface area contributed by atoms with E-state index in [1.807, 2.05) is 25.1 Å². The molecule has 3 N–H and O–H groups in total. The number of rotatable bonds is 3. The number of thiocarbonyl (C=S) groups is 1. The van der Waals surface area contributed by atoms with E-state index in [2.05, 4.69) is 31.2 Å². The number of nitrogens with zero attached hydrogens (tertiary/aromatic N) is 2. The Kier molecular flexibility index (Phi) is 3.88. The van der Waals surface area contributed by atoms with Crippen LogP contribution in [0.2, 0.25) is 0 Å². The predicted molar refractivity (Wildman–Crippen MR) is 80.1 cm³/mol. The average molecular weight is 323 g/mol. The van der Waals surface area contributed by atoms with Crippen LogP contribution in [0.25, 0.3) is 0 Å². The monoisotopic (exact) mass is 322 g/mol. The molecule has 0 spiro atoms. The van der Waals surface area contributed by atoms with Crippen LogP contribution in [0.3, 0.4) is 0 Å². The van der Waals surface area contributed by atoms with Gasteiger partial charge in [-0.1, -0.05) is 18.3 Å². The SMILES string of the molecule is Cc1ccc(Br)c(Nc2nccc(C(N)=S)n2)c1. The first kappa shape index (κ1) is 12.9. The molecule has 0 fully saturated rings. The smallest absolute Gasteiger partial charge is 0.227 e. The van der Waals surface area contributed by atoms with E-state index in [0.717, 1.165) is 15.7 Å². The summed E-state index contributed by atoms with van der Waals surface area (Å²) >= 11 is 8.35. The molecular formula is C12H11BrN4S. The summed E-state index contributed by atoms with van der Waals surface area (Å²) in [6, 6.07) is 7.66. The minimum absolute atomic E-state index is 0.253. The Bertz CT molecular complexity index is 600. The number of anilines is 2. The maximum absolute atomic E-state index is 5.53. The number of aryl methyl sites for hydroxylation is 1. The van der Waals surface area contributed by atoms with E-state index < -0.39 is 0 Å². The van der Waals surface area contributed by atoms with Crippen LogP contribution in [0.1, 0.15) is 11.3 Å². The summed E-state index contributed by atoms with van der Waals surface area (Å²) in [6.45, 7) is 2.02. The second-order valence-corrected chi connectivity index (χ2v) is 5.03. The molecular weight excluding hydrogens is 312 g/mol. The van der Waals surface area contributed by atoms with Gasteiger partial charge in [0.2, 0.25) is 5.95 Å². The molecule has 0 aliphatic carbocycles. The fourth-order valence-corrected chi connectivity index (χ4v) is 1.87. The van der Waals surface area contributed by atoms with Crippen molar-refractivity contribution in [3.63, 3.8) is 0 Å². The topological polar surface area (TPSA) is 63.8 Å². The zero-order chi connectivity index (χ0) is 13.1. The van der Waals surface area contributed by atoms with Gasteiger partial charge in [0.15, 0.2) is 0 Å². The maximum atomic E-state index is 5.53. The number of hydrogen-bond donors (Lipinski definition) is 2. The molecule has 92 valence electrons. The molecule has 1 aromatic carbocycles. The Morgan fingerprint density at radius 2 is 2.17 bits per heavy atom. The number of halogens is 1. The molecule has 1 heterocycles. The third kappa shape index (κ3) is 3.02. The van der Waals surface area contributed by atoms with Gasteiger partial charge in [-0.3, -0.25) is 0 Å². The standard InChI is InChI=1S/C12H11BrN4S/c1-7-2-3-8(13)10(6-7)17-12-15-5-4-9(16-12)11(14)18/h2-6H,1H3,(H2,14,18)(H,15,16,17). The van der Waals surface area contributed by atoms with Crippen molar-refractivity contribution in [2.24, 2.45) is 5.73 Å². The van der Waals surface area contributed by atoms with Crippen molar-refractivity contribution in [2.75, 3.05) is 5.32 Å². The lowest BCUT2D eigenvalue weighted by molar-refractivity contribution is 1.15. The second-order valence-electron chi connectivity index (χ2n) is 3.74. The van der Waals surface area contributed by atoms with E-state index in [1.165, 1.54) is 0 Å². The average Bonchev–Trinajstić information content (AvgIpc) is 2.34. The van der Waals surface area contributed by atoms with Crippen LogP contribution < -0.4 is 11.1 Å². The van der Waals surface area contributed by atoms with Crippen molar-refractivity contribution < 1.29 is 0 Å². The third-order valence-corrected chi connectivity index (χ3v) is 3.18. The molecule has 6 heteroatoms. The Morgan fingerprint density at radius 1 is 1.39 bits per heavy atom. The van der Waals surface area contributed by atoms with Gasteiger partial charge in [0, 0.05) is 10.7 Å². The molecule has 0 aliphatic heterocycles. The fraction of sp³-hybridized carbons (Fsp3) is 0.0833. The highest BCUT2D eigenvalue weighted by atomic mass is 79.9. The highest BCUT2D eigenvalue weighted by molar-refractivity contribution is 9.10. The lowest BCUT2D eigenvalue weighted by Gasteiger charge is -2.08. The number of hydrogen-bond acceptors (Lipinski definition) is 4. The van der Waals surface area contributed by atoms with Crippen LogP contribution in [-0.2, 0) is 0 Å². The molecule has 0 radical (unpaired) electrons.